The van der Waals surface area contributed by atoms with E-state index in [2.05, 4.69) is 11.2 Å². The zero-order valence-corrected chi connectivity index (χ0v) is 9.69. The first-order valence-corrected chi connectivity index (χ1v) is 5.73. The lowest BCUT2D eigenvalue weighted by atomic mass is 10.0. The topological polar surface area (TPSA) is 61.3 Å². The Morgan fingerprint density at radius 3 is 3.00 bits per heavy atom. The molecule has 0 radical (unpaired) electrons. The zero-order valence-electron chi connectivity index (χ0n) is 9.69. The highest BCUT2D eigenvalue weighted by atomic mass is 16.5. The van der Waals surface area contributed by atoms with Gasteiger partial charge in [0.05, 0.1) is 6.61 Å². The third-order valence-electron chi connectivity index (χ3n) is 3.08. The molecule has 2 aromatic rings. The summed E-state index contributed by atoms with van der Waals surface area (Å²) < 4.78 is 10.8. The quantitative estimate of drug-likeness (QED) is 0.817. The Kier molecular flexibility index (Phi) is 2.28. The number of hydrogen-bond acceptors (Lipinski definition) is 4. The van der Waals surface area contributed by atoms with Gasteiger partial charge in [0.25, 0.3) is 0 Å². The maximum absolute atomic E-state index is 5.92. The van der Waals surface area contributed by atoms with Crippen LogP contribution in [0, 0.1) is 6.92 Å². The molecule has 1 aliphatic rings. The van der Waals surface area contributed by atoms with Gasteiger partial charge >= 0.3 is 0 Å². The number of nitrogens with two attached hydrogens (primary N) is 1. The van der Waals surface area contributed by atoms with E-state index in [1.54, 1.807) is 0 Å². The summed E-state index contributed by atoms with van der Waals surface area (Å²) in [6.45, 7) is 2.64. The summed E-state index contributed by atoms with van der Waals surface area (Å²) in [6, 6.07) is 6.01. The van der Waals surface area contributed by atoms with Crippen molar-refractivity contribution in [3.63, 3.8) is 0 Å². The second-order valence-electron chi connectivity index (χ2n) is 4.29. The van der Waals surface area contributed by atoms with Gasteiger partial charge in [-0.3, -0.25) is 0 Å². The van der Waals surface area contributed by atoms with Crippen molar-refractivity contribution in [2.24, 2.45) is 0 Å². The molecule has 4 heteroatoms. The molecule has 0 aliphatic carbocycles. The molecule has 0 bridgehead atoms. The molecule has 2 N–H and O–H groups in total. The third kappa shape index (κ3) is 1.65. The van der Waals surface area contributed by atoms with Crippen LogP contribution in [-0.4, -0.2) is 11.8 Å². The second-order valence-corrected chi connectivity index (χ2v) is 4.29. The van der Waals surface area contributed by atoms with Crippen molar-refractivity contribution in [3.8, 4) is 17.1 Å². The molecule has 1 aromatic heterocycles. The van der Waals surface area contributed by atoms with Gasteiger partial charge in [-0.1, -0.05) is 5.16 Å². The first kappa shape index (κ1) is 10.2. The molecule has 88 valence electrons. The number of rotatable bonds is 1. The van der Waals surface area contributed by atoms with Crippen molar-refractivity contribution >= 4 is 5.69 Å². The number of nitrogen functional groups attached to an aromatic ring is 1. The van der Waals surface area contributed by atoms with Gasteiger partial charge in [0.15, 0.2) is 5.76 Å². The minimum atomic E-state index is 0.613. The molecule has 2 heterocycles. The van der Waals surface area contributed by atoms with Crippen LogP contribution in [0.2, 0.25) is 0 Å². The average molecular weight is 230 g/mol. The van der Waals surface area contributed by atoms with Crippen molar-refractivity contribution in [2.75, 3.05) is 12.3 Å². The molecule has 0 saturated heterocycles. The summed E-state index contributed by atoms with van der Waals surface area (Å²) >= 11 is 0. The van der Waals surface area contributed by atoms with Gasteiger partial charge in [-0.15, -0.1) is 0 Å². The summed E-state index contributed by atoms with van der Waals surface area (Å²) in [7, 11) is 0. The number of nitrogens with zero attached hydrogens (tertiary/aromatic N) is 1. The van der Waals surface area contributed by atoms with Gasteiger partial charge in [0.1, 0.15) is 17.1 Å². The van der Waals surface area contributed by atoms with Crippen molar-refractivity contribution < 1.29 is 9.26 Å². The minimum absolute atomic E-state index is 0.613. The predicted octanol–water partition coefficient (Wildman–Crippen LogP) is 2.56. The third-order valence-corrected chi connectivity index (χ3v) is 3.08. The molecular formula is C13H14N2O2. The molecule has 0 unspecified atom stereocenters. The van der Waals surface area contributed by atoms with E-state index in [1.807, 2.05) is 19.1 Å². The normalized spacial score (nSPS) is 14.2. The van der Waals surface area contributed by atoms with E-state index in [1.165, 1.54) is 5.56 Å². The number of fused-ring (bicyclic) bond motifs is 1. The van der Waals surface area contributed by atoms with Crippen LogP contribution in [0.3, 0.4) is 0 Å². The van der Waals surface area contributed by atoms with E-state index in [4.69, 9.17) is 15.0 Å². The lowest BCUT2D eigenvalue weighted by Gasteiger charge is -2.17. The largest absolute Gasteiger partial charge is 0.493 e. The molecule has 17 heavy (non-hydrogen) atoms. The molecule has 0 amide bonds. The molecule has 3 rings (SSSR count). The van der Waals surface area contributed by atoms with E-state index >= 15 is 0 Å². The van der Waals surface area contributed by atoms with Crippen molar-refractivity contribution in [3.05, 3.63) is 29.5 Å². The van der Waals surface area contributed by atoms with Crippen LogP contribution < -0.4 is 10.5 Å². The maximum atomic E-state index is 5.92. The van der Waals surface area contributed by atoms with Gasteiger partial charge in [-0.05, 0) is 43.5 Å². The average Bonchev–Trinajstić information content (AvgIpc) is 2.70. The Morgan fingerprint density at radius 2 is 2.24 bits per heavy atom. The number of aromatic nitrogens is 1. The van der Waals surface area contributed by atoms with Crippen LogP contribution >= 0.6 is 0 Å². The Morgan fingerprint density at radius 1 is 1.35 bits per heavy atom. The van der Waals surface area contributed by atoms with Crippen LogP contribution in [0.1, 0.15) is 17.7 Å². The van der Waals surface area contributed by atoms with Crippen LogP contribution in [0.25, 0.3) is 11.3 Å². The standard InChI is InChI=1S/C13H14N2O2/c1-8-12(14)13(17-15-8)10-4-5-11-9(7-10)3-2-6-16-11/h4-5,7H,2-3,6,14H2,1H3. The van der Waals surface area contributed by atoms with E-state index < -0.39 is 0 Å². The molecule has 0 spiro atoms. The predicted molar refractivity (Wildman–Crippen MR) is 64.9 cm³/mol. The highest BCUT2D eigenvalue weighted by Gasteiger charge is 2.15. The molecule has 4 nitrogen and oxygen atoms in total. The van der Waals surface area contributed by atoms with Crippen molar-refractivity contribution in [1.29, 1.82) is 0 Å². The second kappa shape index (κ2) is 3.80. The van der Waals surface area contributed by atoms with Crippen LogP contribution in [0.15, 0.2) is 22.7 Å². The SMILES string of the molecule is Cc1noc(-c2ccc3c(c2)CCCO3)c1N. The smallest absolute Gasteiger partial charge is 0.190 e. The van der Waals surface area contributed by atoms with Crippen molar-refractivity contribution in [2.45, 2.75) is 19.8 Å². The molecular weight excluding hydrogens is 216 g/mol. The summed E-state index contributed by atoms with van der Waals surface area (Å²) in [5.41, 5.74) is 9.44. The minimum Gasteiger partial charge on any atom is -0.493 e. The summed E-state index contributed by atoms with van der Waals surface area (Å²) in [6.07, 6.45) is 2.09. The summed E-state index contributed by atoms with van der Waals surface area (Å²) in [5, 5.41) is 3.87. The summed E-state index contributed by atoms with van der Waals surface area (Å²) in [4.78, 5) is 0. The van der Waals surface area contributed by atoms with Gasteiger partial charge in [-0.25, -0.2) is 0 Å². The molecule has 1 aliphatic heterocycles. The zero-order chi connectivity index (χ0) is 11.8. The van der Waals surface area contributed by atoms with E-state index in [9.17, 15) is 0 Å². The monoisotopic (exact) mass is 230 g/mol. The van der Waals surface area contributed by atoms with E-state index in [0.717, 1.165) is 36.5 Å². The Bertz CT molecular complexity index is 561. The first-order chi connectivity index (χ1) is 8.25. The Balaban J connectivity index is 2.07. The van der Waals surface area contributed by atoms with Crippen LogP contribution in [0.5, 0.6) is 5.75 Å². The first-order valence-electron chi connectivity index (χ1n) is 5.73. The lowest BCUT2D eigenvalue weighted by Crippen LogP contribution is -2.08. The highest BCUT2D eigenvalue weighted by Crippen LogP contribution is 2.33. The van der Waals surface area contributed by atoms with Gasteiger partial charge in [0, 0.05) is 5.56 Å². The van der Waals surface area contributed by atoms with Crippen LogP contribution in [-0.2, 0) is 6.42 Å². The van der Waals surface area contributed by atoms with E-state index in [0.29, 0.717) is 11.4 Å². The summed E-state index contributed by atoms with van der Waals surface area (Å²) in [5.74, 6) is 1.62. The van der Waals surface area contributed by atoms with Crippen LogP contribution in [0.4, 0.5) is 5.69 Å². The molecule has 1 aromatic carbocycles. The fraction of sp³-hybridized carbons (Fsp3) is 0.308. The number of aryl methyl sites for hydroxylation is 2. The number of ether oxygens (including phenoxy) is 1. The maximum Gasteiger partial charge on any atom is 0.190 e. The van der Waals surface area contributed by atoms with Gasteiger partial charge in [-0.2, -0.15) is 0 Å². The molecule has 0 saturated carbocycles. The molecule has 0 atom stereocenters. The Labute approximate surface area is 99.4 Å². The lowest BCUT2D eigenvalue weighted by molar-refractivity contribution is 0.288. The number of hydrogen-bond donors (Lipinski definition) is 1. The van der Waals surface area contributed by atoms with Gasteiger partial charge < -0.3 is 15.0 Å². The van der Waals surface area contributed by atoms with Crippen molar-refractivity contribution in [1.82, 2.24) is 5.16 Å². The van der Waals surface area contributed by atoms with E-state index in [-0.39, 0.29) is 0 Å². The fourth-order valence-electron chi connectivity index (χ4n) is 2.09. The fourth-order valence-corrected chi connectivity index (χ4v) is 2.09. The number of benzene rings is 1. The number of anilines is 1. The van der Waals surface area contributed by atoms with Gasteiger partial charge in [0.2, 0.25) is 0 Å². The Hall–Kier alpha value is -1.97. The highest BCUT2D eigenvalue weighted by molar-refractivity contribution is 5.73. The molecule has 0 fully saturated rings.